The summed E-state index contributed by atoms with van der Waals surface area (Å²) < 4.78 is 38.3. The Balaban J connectivity index is 2.22. The first kappa shape index (κ1) is 15.3. The number of benzene rings is 1. The molecule has 0 spiro atoms. The van der Waals surface area contributed by atoms with E-state index >= 15 is 0 Å². The molecular formula is C13H14BrF3N2O. The number of carbonyl (C=O) groups excluding carboxylic acids is 1. The molecule has 20 heavy (non-hydrogen) atoms. The minimum absolute atomic E-state index is 0.0714. The lowest BCUT2D eigenvalue weighted by atomic mass is 9.96. The SMILES string of the molecule is CC(N)(C(=O)Nc1cc(C(F)(F)F)ccc1Br)C1CC1. The largest absolute Gasteiger partial charge is 0.416 e. The van der Waals surface area contributed by atoms with Crippen LogP contribution in [0.1, 0.15) is 25.3 Å². The van der Waals surface area contributed by atoms with Crippen LogP contribution in [0.15, 0.2) is 22.7 Å². The van der Waals surface area contributed by atoms with E-state index in [-0.39, 0.29) is 11.6 Å². The van der Waals surface area contributed by atoms with Crippen molar-refractivity contribution in [1.29, 1.82) is 0 Å². The summed E-state index contributed by atoms with van der Waals surface area (Å²) in [7, 11) is 0. The van der Waals surface area contributed by atoms with Crippen molar-refractivity contribution in [3.05, 3.63) is 28.2 Å². The number of alkyl halides is 3. The second-order valence-electron chi connectivity index (χ2n) is 5.20. The topological polar surface area (TPSA) is 55.1 Å². The molecule has 1 aromatic rings. The zero-order valence-electron chi connectivity index (χ0n) is 10.7. The number of amides is 1. The minimum Gasteiger partial charge on any atom is -0.323 e. The van der Waals surface area contributed by atoms with Gasteiger partial charge < -0.3 is 11.1 Å². The van der Waals surface area contributed by atoms with Crippen LogP contribution < -0.4 is 11.1 Å². The zero-order valence-corrected chi connectivity index (χ0v) is 12.3. The van der Waals surface area contributed by atoms with Crippen molar-refractivity contribution >= 4 is 27.5 Å². The van der Waals surface area contributed by atoms with Gasteiger partial charge in [-0.05, 0) is 59.8 Å². The van der Waals surface area contributed by atoms with Crippen LogP contribution >= 0.6 is 15.9 Å². The molecule has 0 radical (unpaired) electrons. The van der Waals surface area contributed by atoms with E-state index < -0.39 is 23.2 Å². The van der Waals surface area contributed by atoms with Crippen molar-refractivity contribution in [2.75, 3.05) is 5.32 Å². The molecule has 7 heteroatoms. The highest BCUT2D eigenvalue weighted by Crippen LogP contribution is 2.39. The average Bonchev–Trinajstić information content (AvgIpc) is 3.14. The molecule has 1 fully saturated rings. The van der Waals surface area contributed by atoms with Crippen LogP contribution in [0.2, 0.25) is 0 Å². The number of nitrogens with two attached hydrogens (primary N) is 1. The molecule has 0 aliphatic heterocycles. The van der Waals surface area contributed by atoms with Crippen LogP contribution in [0.3, 0.4) is 0 Å². The van der Waals surface area contributed by atoms with Gasteiger partial charge in [-0.3, -0.25) is 4.79 Å². The van der Waals surface area contributed by atoms with Crippen molar-refractivity contribution in [2.45, 2.75) is 31.5 Å². The third-order valence-electron chi connectivity index (χ3n) is 3.46. The Kier molecular flexibility index (Phi) is 3.85. The maximum Gasteiger partial charge on any atom is 0.416 e. The van der Waals surface area contributed by atoms with E-state index in [1.54, 1.807) is 6.92 Å². The van der Waals surface area contributed by atoms with Crippen molar-refractivity contribution in [1.82, 2.24) is 0 Å². The number of carbonyl (C=O) groups is 1. The maximum absolute atomic E-state index is 12.7. The second kappa shape index (κ2) is 5.04. The predicted molar refractivity (Wildman–Crippen MR) is 73.1 cm³/mol. The van der Waals surface area contributed by atoms with Gasteiger partial charge in [0.25, 0.3) is 0 Å². The Morgan fingerprint density at radius 2 is 2.00 bits per heavy atom. The summed E-state index contributed by atoms with van der Waals surface area (Å²) in [6.07, 6.45) is -2.73. The number of anilines is 1. The second-order valence-corrected chi connectivity index (χ2v) is 6.06. The number of hydrogen-bond donors (Lipinski definition) is 2. The van der Waals surface area contributed by atoms with Gasteiger partial charge in [0.1, 0.15) is 0 Å². The summed E-state index contributed by atoms with van der Waals surface area (Å²) in [6, 6.07) is 3.09. The van der Waals surface area contributed by atoms with E-state index in [1.807, 2.05) is 0 Å². The molecule has 1 unspecified atom stereocenters. The van der Waals surface area contributed by atoms with E-state index in [0.29, 0.717) is 4.47 Å². The van der Waals surface area contributed by atoms with Crippen molar-refractivity contribution in [2.24, 2.45) is 11.7 Å². The summed E-state index contributed by atoms with van der Waals surface area (Å²) in [5.41, 5.74) is 4.13. The van der Waals surface area contributed by atoms with Gasteiger partial charge in [-0.15, -0.1) is 0 Å². The molecule has 0 bridgehead atoms. The van der Waals surface area contributed by atoms with Crippen molar-refractivity contribution in [3.8, 4) is 0 Å². The van der Waals surface area contributed by atoms with Crippen LogP contribution in [0.5, 0.6) is 0 Å². The lowest BCUT2D eigenvalue weighted by Crippen LogP contribution is -2.50. The Bertz CT molecular complexity index is 539. The Morgan fingerprint density at radius 1 is 1.40 bits per heavy atom. The molecule has 110 valence electrons. The highest BCUT2D eigenvalue weighted by Gasteiger charge is 2.44. The number of rotatable bonds is 3. The quantitative estimate of drug-likeness (QED) is 0.875. The molecule has 0 saturated heterocycles. The summed E-state index contributed by atoms with van der Waals surface area (Å²) in [5.74, 6) is -0.382. The van der Waals surface area contributed by atoms with Gasteiger partial charge in [0.2, 0.25) is 5.91 Å². The first-order chi connectivity index (χ1) is 9.12. The Morgan fingerprint density at radius 3 is 2.50 bits per heavy atom. The molecule has 0 aromatic heterocycles. The van der Waals surface area contributed by atoms with Crippen LogP contribution in [-0.4, -0.2) is 11.4 Å². The van der Waals surface area contributed by atoms with Gasteiger partial charge in [0.05, 0.1) is 16.8 Å². The molecule has 2 rings (SSSR count). The predicted octanol–water partition coefficient (Wildman–Crippen LogP) is 3.53. The summed E-state index contributed by atoms with van der Waals surface area (Å²) in [6.45, 7) is 1.60. The van der Waals surface area contributed by atoms with E-state index in [2.05, 4.69) is 21.2 Å². The van der Waals surface area contributed by atoms with Crippen LogP contribution in [-0.2, 0) is 11.0 Å². The highest BCUT2D eigenvalue weighted by molar-refractivity contribution is 9.10. The van der Waals surface area contributed by atoms with Gasteiger partial charge in [-0.2, -0.15) is 13.2 Å². The molecule has 1 aliphatic carbocycles. The lowest BCUT2D eigenvalue weighted by Gasteiger charge is -2.23. The molecule has 1 saturated carbocycles. The summed E-state index contributed by atoms with van der Waals surface area (Å²) in [5, 5.41) is 2.47. The Hall–Kier alpha value is -1.08. The van der Waals surface area contributed by atoms with E-state index in [4.69, 9.17) is 5.73 Å². The number of halogens is 4. The molecule has 1 atom stereocenters. The normalized spacial score (nSPS) is 18.5. The van der Waals surface area contributed by atoms with Gasteiger partial charge in [-0.1, -0.05) is 0 Å². The van der Waals surface area contributed by atoms with Crippen LogP contribution in [0, 0.1) is 5.92 Å². The number of hydrogen-bond acceptors (Lipinski definition) is 2. The first-order valence-corrected chi connectivity index (χ1v) is 6.88. The summed E-state index contributed by atoms with van der Waals surface area (Å²) >= 11 is 3.12. The standard InChI is InChI=1S/C13H14BrF3N2O/c1-12(18,7-2-3-7)11(20)19-10-6-8(13(15,16)17)4-5-9(10)14/h4-7H,2-3,18H2,1H3,(H,19,20). The van der Waals surface area contributed by atoms with Crippen molar-refractivity contribution < 1.29 is 18.0 Å². The molecule has 3 N–H and O–H groups in total. The van der Waals surface area contributed by atoms with Gasteiger partial charge in [0.15, 0.2) is 0 Å². The summed E-state index contributed by atoms with van der Waals surface area (Å²) in [4.78, 5) is 12.1. The lowest BCUT2D eigenvalue weighted by molar-refractivity contribution is -0.137. The average molecular weight is 351 g/mol. The molecule has 1 aromatic carbocycles. The van der Waals surface area contributed by atoms with Gasteiger partial charge in [-0.25, -0.2) is 0 Å². The number of nitrogens with one attached hydrogen (secondary N) is 1. The van der Waals surface area contributed by atoms with E-state index in [9.17, 15) is 18.0 Å². The highest BCUT2D eigenvalue weighted by atomic mass is 79.9. The van der Waals surface area contributed by atoms with Crippen LogP contribution in [0.4, 0.5) is 18.9 Å². The maximum atomic E-state index is 12.7. The van der Waals surface area contributed by atoms with Crippen molar-refractivity contribution in [3.63, 3.8) is 0 Å². The molecule has 1 amide bonds. The first-order valence-electron chi connectivity index (χ1n) is 6.09. The fourth-order valence-electron chi connectivity index (χ4n) is 1.92. The fraction of sp³-hybridized carbons (Fsp3) is 0.462. The molecule has 1 aliphatic rings. The van der Waals surface area contributed by atoms with E-state index in [0.717, 1.165) is 25.0 Å². The van der Waals surface area contributed by atoms with Crippen LogP contribution in [0.25, 0.3) is 0 Å². The third-order valence-corrected chi connectivity index (χ3v) is 4.15. The zero-order chi connectivity index (χ0) is 15.1. The third kappa shape index (κ3) is 3.15. The smallest absolute Gasteiger partial charge is 0.323 e. The molecule has 0 heterocycles. The monoisotopic (exact) mass is 350 g/mol. The van der Waals surface area contributed by atoms with Gasteiger partial charge >= 0.3 is 6.18 Å². The van der Waals surface area contributed by atoms with Gasteiger partial charge in [0, 0.05) is 4.47 Å². The fourth-order valence-corrected chi connectivity index (χ4v) is 2.27. The molecular weight excluding hydrogens is 337 g/mol. The van der Waals surface area contributed by atoms with E-state index in [1.165, 1.54) is 6.07 Å². The minimum atomic E-state index is -4.46. The molecule has 3 nitrogen and oxygen atoms in total. The Labute approximate surface area is 122 Å².